The van der Waals surface area contributed by atoms with Crippen molar-refractivity contribution in [2.75, 3.05) is 6.54 Å². The Balaban J connectivity index is 1.71. The number of nitro groups is 1. The van der Waals surface area contributed by atoms with Gasteiger partial charge in [0.15, 0.2) is 0 Å². The van der Waals surface area contributed by atoms with Crippen LogP contribution in [0.3, 0.4) is 0 Å². The van der Waals surface area contributed by atoms with Gasteiger partial charge in [0, 0.05) is 30.3 Å². The molecule has 0 radical (unpaired) electrons. The molecule has 6 nitrogen and oxygen atoms in total. The standard InChI is InChI=1S/C21H24ClN3O3/c1-15(16-7-3-2-4-8-16)24-21(11-5-6-12-21)14-23-20(26)18-13-17(25(27)28)9-10-19(18)22/h2-4,7-10,13,15,24H,5-6,11-12,14H2,1H3,(H,23,26). The zero-order valence-electron chi connectivity index (χ0n) is 15.8. The van der Waals surface area contributed by atoms with Crippen molar-refractivity contribution in [1.29, 1.82) is 0 Å². The molecule has 1 aliphatic rings. The molecule has 0 aliphatic heterocycles. The second kappa shape index (κ2) is 8.71. The lowest BCUT2D eigenvalue weighted by Gasteiger charge is -2.34. The first kappa shape index (κ1) is 20.3. The second-order valence-electron chi connectivity index (χ2n) is 7.37. The Morgan fingerprint density at radius 3 is 2.54 bits per heavy atom. The van der Waals surface area contributed by atoms with Crippen molar-refractivity contribution < 1.29 is 9.72 Å². The Morgan fingerprint density at radius 2 is 1.89 bits per heavy atom. The first-order valence-corrected chi connectivity index (χ1v) is 9.83. The molecule has 1 atom stereocenters. The van der Waals surface area contributed by atoms with Gasteiger partial charge in [0.25, 0.3) is 11.6 Å². The van der Waals surface area contributed by atoms with E-state index in [0.717, 1.165) is 25.7 Å². The van der Waals surface area contributed by atoms with Crippen molar-refractivity contribution >= 4 is 23.2 Å². The third-order valence-corrected chi connectivity index (χ3v) is 5.71. The summed E-state index contributed by atoms with van der Waals surface area (Å²) >= 11 is 6.09. The normalized spacial score (nSPS) is 16.5. The molecule has 0 heterocycles. The predicted molar refractivity (Wildman–Crippen MR) is 110 cm³/mol. The van der Waals surface area contributed by atoms with Crippen LogP contribution >= 0.6 is 11.6 Å². The van der Waals surface area contributed by atoms with Gasteiger partial charge in [-0.2, -0.15) is 0 Å². The summed E-state index contributed by atoms with van der Waals surface area (Å²) in [5, 5.41) is 17.8. The van der Waals surface area contributed by atoms with E-state index in [-0.39, 0.29) is 27.9 Å². The van der Waals surface area contributed by atoms with E-state index < -0.39 is 10.8 Å². The topological polar surface area (TPSA) is 84.3 Å². The number of carbonyl (C=O) groups is 1. The number of nitrogens with zero attached hydrogens (tertiary/aromatic N) is 1. The van der Waals surface area contributed by atoms with Gasteiger partial charge in [-0.1, -0.05) is 54.8 Å². The first-order chi connectivity index (χ1) is 13.4. The van der Waals surface area contributed by atoms with E-state index in [0.29, 0.717) is 6.54 Å². The van der Waals surface area contributed by atoms with Gasteiger partial charge in [-0.05, 0) is 31.4 Å². The molecule has 0 saturated heterocycles. The summed E-state index contributed by atoms with van der Waals surface area (Å²) < 4.78 is 0. The molecule has 1 aliphatic carbocycles. The van der Waals surface area contributed by atoms with Crippen LogP contribution < -0.4 is 10.6 Å². The monoisotopic (exact) mass is 401 g/mol. The zero-order valence-corrected chi connectivity index (χ0v) is 16.5. The van der Waals surface area contributed by atoms with Crippen LogP contribution in [-0.4, -0.2) is 22.9 Å². The predicted octanol–water partition coefficient (Wildman–Crippen LogP) is 4.64. The summed E-state index contributed by atoms with van der Waals surface area (Å²) in [7, 11) is 0. The van der Waals surface area contributed by atoms with Crippen LogP contribution in [0.1, 0.15) is 54.6 Å². The molecular formula is C21H24ClN3O3. The van der Waals surface area contributed by atoms with E-state index in [2.05, 4.69) is 29.7 Å². The van der Waals surface area contributed by atoms with E-state index in [1.54, 1.807) is 0 Å². The number of nitro benzene ring substituents is 1. The molecule has 1 fully saturated rings. The van der Waals surface area contributed by atoms with Crippen molar-refractivity contribution in [1.82, 2.24) is 10.6 Å². The highest BCUT2D eigenvalue weighted by atomic mass is 35.5. The highest BCUT2D eigenvalue weighted by molar-refractivity contribution is 6.33. The van der Waals surface area contributed by atoms with E-state index in [1.807, 2.05) is 18.2 Å². The average Bonchev–Trinajstić information content (AvgIpc) is 3.15. The second-order valence-corrected chi connectivity index (χ2v) is 7.78. The number of amides is 1. The first-order valence-electron chi connectivity index (χ1n) is 9.45. The molecule has 3 rings (SSSR count). The highest BCUT2D eigenvalue weighted by Crippen LogP contribution is 2.32. The lowest BCUT2D eigenvalue weighted by molar-refractivity contribution is -0.384. The van der Waals surface area contributed by atoms with E-state index in [4.69, 9.17) is 11.6 Å². The molecule has 2 N–H and O–H groups in total. The molecule has 1 saturated carbocycles. The Bertz CT molecular complexity index is 851. The third-order valence-electron chi connectivity index (χ3n) is 5.38. The minimum absolute atomic E-state index is 0.125. The molecule has 2 aromatic carbocycles. The average molecular weight is 402 g/mol. The molecule has 0 spiro atoms. The van der Waals surface area contributed by atoms with Gasteiger partial charge < -0.3 is 10.6 Å². The van der Waals surface area contributed by atoms with Crippen LogP contribution in [0.5, 0.6) is 0 Å². The smallest absolute Gasteiger partial charge is 0.270 e. The van der Waals surface area contributed by atoms with Crippen LogP contribution in [0.15, 0.2) is 48.5 Å². The van der Waals surface area contributed by atoms with E-state index in [1.165, 1.54) is 23.8 Å². The summed E-state index contributed by atoms with van der Waals surface area (Å²) in [6, 6.07) is 14.2. The lowest BCUT2D eigenvalue weighted by Crippen LogP contribution is -2.52. The molecule has 148 valence electrons. The van der Waals surface area contributed by atoms with Crippen LogP contribution in [0.4, 0.5) is 5.69 Å². The van der Waals surface area contributed by atoms with E-state index in [9.17, 15) is 14.9 Å². The van der Waals surface area contributed by atoms with Gasteiger partial charge in [0.1, 0.15) is 0 Å². The fourth-order valence-corrected chi connectivity index (χ4v) is 4.06. The summed E-state index contributed by atoms with van der Waals surface area (Å²) in [6.07, 6.45) is 4.13. The Labute approximate surface area is 169 Å². The fraction of sp³-hybridized carbons (Fsp3) is 0.381. The number of benzene rings is 2. The maximum Gasteiger partial charge on any atom is 0.270 e. The number of halogens is 1. The summed E-state index contributed by atoms with van der Waals surface area (Å²) in [4.78, 5) is 23.1. The number of hydrogen-bond acceptors (Lipinski definition) is 4. The van der Waals surface area contributed by atoms with Crippen LogP contribution in [0.2, 0.25) is 5.02 Å². The van der Waals surface area contributed by atoms with Gasteiger partial charge >= 0.3 is 0 Å². The fourth-order valence-electron chi connectivity index (χ4n) is 3.85. The van der Waals surface area contributed by atoms with Gasteiger partial charge in [0.05, 0.1) is 15.5 Å². The largest absolute Gasteiger partial charge is 0.350 e. The molecule has 2 aromatic rings. The van der Waals surface area contributed by atoms with Crippen LogP contribution in [-0.2, 0) is 0 Å². The quantitative estimate of drug-likeness (QED) is 0.522. The zero-order chi connectivity index (χ0) is 20.1. The molecular weight excluding hydrogens is 378 g/mol. The molecule has 7 heteroatoms. The number of carbonyl (C=O) groups excluding carboxylic acids is 1. The van der Waals surface area contributed by atoms with Gasteiger partial charge in [0.2, 0.25) is 0 Å². The van der Waals surface area contributed by atoms with Crippen molar-refractivity contribution in [3.8, 4) is 0 Å². The van der Waals surface area contributed by atoms with Crippen molar-refractivity contribution in [3.05, 3.63) is 74.8 Å². The van der Waals surface area contributed by atoms with Gasteiger partial charge in [-0.25, -0.2) is 0 Å². The highest BCUT2D eigenvalue weighted by Gasteiger charge is 2.35. The number of non-ortho nitro benzene ring substituents is 1. The Kier molecular flexibility index (Phi) is 6.31. The van der Waals surface area contributed by atoms with Crippen LogP contribution in [0, 0.1) is 10.1 Å². The maximum absolute atomic E-state index is 12.6. The van der Waals surface area contributed by atoms with Crippen molar-refractivity contribution in [2.24, 2.45) is 0 Å². The van der Waals surface area contributed by atoms with Crippen LogP contribution in [0.25, 0.3) is 0 Å². The number of rotatable bonds is 7. The summed E-state index contributed by atoms with van der Waals surface area (Å²) in [5.41, 5.74) is 0.973. The Morgan fingerprint density at radius 1 is 1.21 bits per heavy atom. The van der Waals surface area contributed by atoms with Crippen molar-refractivity contribution in [2.45, 2.75) is 44.2 Å². The summed E-state index contributed by atoms with van der Waals surface area (Å²) in [5.74, 6) is -0.394. The third kappa shape index (κ3) is 4.69. The maximum atomic E-state index is 12.6. The lowest BCUT2D eigenvalue weighted by atomic mass is 9.94. The molecule has 1 amide bonds. The minimum atomic E-state index is -0.533. The van der Waals surface area contributed by atoms with Crippen molar-refractivity contribution in [3.63, 3.8) is 0 Å². The Hall–Kier alpha value is -2.44. The van der Waals surface area contributed by atoms with E-state index >= 15 is 0 Å². The number of hydrogen-bond donors (Lipinski definition) is 2. The molecule has 28 heavy (non-hydrogen) atoms. The SMILES string of the molecule is CC(NC1(CNC(=O)c2cc([N+](=O)[O-])ccc2Cl)CCCC1)c1ccccc1. The number of nitrogens with one attached hydrogen (secondary N) is 2. The molecule has 1 unspecified atom stereocenters. The summed E-state index contributed by atoms with van der Waals surface area (Å²) in [6.45, 7) is 2.57. The minimum Gasteiger partial charge on any atom is -0.350 e. The molecule has 0 aromatic heterocycles. The molecule has 0 bridgehead atoms. The van der Waals surface area contributed by atoms with Gasteiger partial charge in [-0.15, -0.1) is 0 Å². The van der Waals surface area contributed by atoms with Gasteiger partial charge in [-0.3, -0.25) is 14.9 Å².